The van der Waals surface area contributed by atoms with E-state index in [1.54, 1.807) is 6.07 Å². The van der Waals surface area contributed by atoms with E-state index in [1.165, 1.54) is 17.8 Å². The van der Waals surface area contributed by atoms with E-state index < -0.39 is 11.7 Å². The standard InChI is InChI=1S/C28H32F3N3O/c1-21-10-11-26(35-21)19-33-18-23(27(20-33)22-6-5-7-24(16-22)28(29,30)31)17-32-12-14-34(15-13-32)25-8-3-2-4-9-25/h2-11,16,23,27H,12-15,17-20H2,1H3/t23-,27+/m1/s1. The van der Waals surface area contributed by atoms with Gasteiger partial charge in [-0.25, -0.2) is 0 Å². The zero-order valence-corrected chi connectivity index (χ0v) is 20.0. The number of anilines is 1. The molecule has 2 saturated heterocycles. The van der Waals surface area contributed by atoms with Gasteiger partial charge in [0.15, 0.2) is 0 Å². The van der Waals surface area contributed by atoms with Crippen molar-refractivity contribution < 1.29 is 17.6 Å². The summed E-state index contributed by atoms with van der Waals surface area (Å²) in [5.41, 5.74) is 1.46. The summed E-state index contributed by atoms with van der Waals surface area (Å²) in [5.74, 6) is 2.10. The van der Waals surface area contributed by atoms with Gasteiger partial charge in [0.2, 0.25) is 0 Å². The Morgan fingerprint density at radius 2 is 1.63 bits per heavy atom. The molecule has 7 heteroatoms. The second-order valence-corrected chi connectivity index (χ2v) is 9.82. The van der Waals surface area contributed by atoms with Crippen LogP contribution in [0.3, 0.4) is 0 Å². The maximum atomic E-state index is 13.4. The molecule has 3 heterocycles. The Balaban J connectivity index is 1.30. The molecule has 0 bridgehead atoms. The van der Waals surface area contributed by atoms with E-state index >= 15 is 0 Å². The molecule has 5 rings (SSSR count). The van der Waals surface area contributed by atoms with Gasteiger partial charge in [0, 0.05) is 57.4 Å². The predicted octanol–water partition coefficient (Wildman–Crippen LogP) is 5.64. The fourth-order valence-corrected chi connectivity index (χ4v) is 5.55. The van der Waals surface area contributed by atoms with Crippen molar-refractivity contribution in [3.8, 4) is 0 Å². The number of piperazine rings is 1. The van der Waals surface area contributed by atoms with E-state index in [2.05, 4.69) is 39.0 Å². The first-order valence-corrected chi connectivity index (χ1v) is 12.3. The van der Waals surface area contributed by atoms with Gasteiger partial charge in [-0.1, -0.05) is 36.4 Å². The summed E-state index contributed by atoms with van der Waals surface area (Å²) in [5, 5.41) is 0. The van der Waals surface area contributed by atoms with E-state index in [0.29, 0.717) is 6.54 Å². The number of halogens is 3. The highest BCUT2D eigenvalue weighted by atomic mass is 19.4. The number of hydrogen-bond donors (Lipinski definition) is 0. The van der Waals surface area contributed by atoms with Gasteiger partial charge in [-0.15, -0.1) is 0 Å². The van der Waals surface area contributed by atoms with Gasteiger partial charge in [-0.3, -0.25) is 9.80 Å². The zero-order valence-electron chi connectivity index (χ0n) is 20.0. The molecule has 186 valence electrons. The monoisotopic (exact) mass is 483 g/mol. The van der Waals surface area contributed by atoms with Crippen LogP contribution >= 0.6 is 0 Å². The molecule has 2 aliphatic rings. The van der Waals surface area contributed by atoms with Crippen LogP contribution in [-0.4, -0.2) is 55.6 Å². The quantitative estimate of drug-likeness (QED) is 0.452. The van der Waals surface area contributed by atoms with Crippen LogP contribution in [0.1, 0.15) is 28.6 Å². The van der Waals surface area contributed by atoms with E-state index in [9.17, 15) is 13.2 Å². The first-order valence-electron chi connectivity index (χ1n) is 12.3. The maximum Gasteiger partial charge on any atom is 0.416 e. The number of benzene rings is 2. The van der Waals surface area contributed by atoms with E-state index in [1.807, 2.05) is 31.2 Å². The Kier molecular flexibility index (Phi) is 6.89. The third-order valence-electron chi connectivity index (χ3n) is 7.32. The van der Waals surface area contributed by atoms with Crippen molar-refractivity contribution >= 4 is 5.69 Å². The molecule has 1 aromatic heterocycles. The number of hydrogen-bond acceptors (Lipinski definition) is 4. The average molecular weight is 484 g/mol. The molecule has 0 N–H and O–H groups in total. The molecular formula is C28H32F3N3O. The molecule has 4 nitrogen and oxygen atoms in total. The topological polar surface area (TPSA) is 22.9 Å². The molecule has 2 aliphatic heterocycles. The van der Waals surface area contributed by atoms with Crippen LogP contribution in [0, 0.1) is 12.8 Å². The Morgan fingerprint density at radius 3 is 2.31 bits per heavy atom. The summed E-state index contributed by atoms with van der Waals surface area (Å²) in [4.78, 5) is 7.21. The van der Waals surface area contributed by atoms with Gasteiger partial charge in [-0.05, 0) is 48.7 Å². The van der Waals surface area contributed by atoms with Crippen LogP contribution < -0.4 is 4.90 Å². The minimum Gasteiger partial charge on any atom is -0.465 e. The van der Waals surface area contributed by atoms with Gasteiger partial charge >= 0.3 is 6.18 Å². The number of aryl methyl sites for hydroxylation is 1. The third kappa shape index (κ3) is 5.73. The van der Waals surface area contributed by atoms with E-state index in [4.69, 9.17) is 4.42 Å². The van der Waals surface area contributed by atoms with Crippen LogP contribution in [0.25, 0.3) is 0 Å². The normalized spacial score (nSPS) is 22.1. The molecule has 2 fully saturated rings. The first kappa shape index (κ1) is 23.9. The number of para-hydroxylation sites is 1. The zero-order chi connectivity index (χ0) is 24.4. The minimum atomic E-state index is -4.33. The van der Waals surface area contributed by atoms with Gasteiger partial charge in [0.05, 0.1) is 12.1 Å². The fourth-order valence-electron chi connectivity index (χ4n) is 5.55. The number of likely N-dealkylation sites (tertiary alicyclic amines) is 1. The number of furan rings is 1. The molecule has 3 aromatic rings. The van der Waals surface area contributed by atoms with Gasteiger partial charge < -0.3 is 9.32 Å². The Hall–Kier alpha value is -2.77. The lowest BCUT2D eigenvalue weighted by molar-refractivity contribution is -0.137. The minimum absolute atomic E-state index is 0.0560. The number of rotatable bonds is 6. The smallest absolute Gasteiger partial charge is 0.416 e. The number of alkyl halides is 3. The Labute approximate surface area is 204 Å². The lowest BCUT2D eigenvalue weighted by Gasteiger charge is -2.38. The van der Waals surface area contributed by atoms with Crippen molar-refractivity contribution in [2.75, 3.05) is 50.7 Å². The molecule has 0 spiro atoms. The summed E-state index contributed by atoms with van der Waals surface area (Å²) in [6, 6.07) is 20.3. The average Bonchev–Trinajstić information content (AvgIpc) is 3.45. The molecule has 0 aliphatic carbocycles. The highest BCUT2D eigenvalue weighted by molar-refractivity contribution is 5.46. The summed E-state index contributed by atoms with van der Waals surface area (Å²) < 4.78 is 46.1. The molecule has 2 atom stereocenters. The van der Waals surface area contributed by atoms with Crippen molar-refractivity contribution in [1.29, 1.82) is 0 Å². The lowest BCUT2D eigenvalue weighted by atomic mass is 9.87. The Morgan fingerprint density at radius 1 is 0.857 bits per heavy atom. The van der Waals surface area contributed by atoms with Crippen LogP contribution in [0.5, 0.6) is 0 Å². The second kappa shape index (κ2) is 10.1. The second-order valence-electron chi connectivity index (χ2n) is 9.82. The number of nitrogens with zero attached hydrogens (tertiary/aromatic N) is 3. The van der Waals surface area contributed by atoms with Gasteiger partial charge in [0.25, 0.3) is 0 Å². The van der Waals surface area contributed by atoms with Crippen molar-refractivity contribution in [3.63, 3.8) is 0 Å². The Bertz CT molecular complexity index is 1110. The summed E-state index contributed by atoms with van der Waals surface area (Å²) >= 11 is 0. The molecular weight excluding hydrogens is 451 g/mol. The highest BCUT2D eigenvalue weighted by Crippen LogP contribution is 2.37. The molecule has 35 heavy (non-hydrogen) atoms. The molecule has 0 radical (unpaired) electrons. The van der Waals surface area contributed by atoms with E-state index in [-0.39, 0.29) is 11.8 Å². The van der Waals surface area contributed by atoms with Crippen LogP contribution in [-0.2, 0) is 12.7 Å². The SMILES string of the molecule is Cc1ccc(CN2C[C@@H](CN3CCN(c4ccccc4)CC3)[C@H](c3cccc(C(F)(F)F)c3)C2)o1. The predicted molar refractivity (Wildman–Crippen MR) is 131 cm³/mol. The molecule has 2 aromatic carbocycles. The van der Waals surface area contributed by atoms with Gasteiger partial charge in [0.1, 0.15) is 11.5 Å². The highest BCUT2D eigenvalue weighted by Gasteiger charge is 2.37. The molecule has 0 amide bonds. The van der Waals surface area contributed by atoms with E-state index in [0.717, 1.165) is 62.9 Å². The fraction of sp³-hybridized carbons (Fsp3) is 0.429. The maximum absolute atomic E-state index is 13.4. The van der Waals surface area contributed by atoms with Crippen molar-refractivity contribution in [1.82, 2.24) is 9.80 Å². The summed E-state index contributed by atoms with van der Waals surface area (Å²) in [6.45, 7) is 8.90. The van der Waals surface area contributed by atoms with Crippen LogP contribution in [0.4, 0.5) is 18.9 Å². The first-order chi connectivity index (χ1) is 16.8. The van der Waals surface area contributed by atoms with Crippen LogP contribution in [0.15, 0.2) is 71.1 Å². The summed E-state index contributed by atoms with van der Waals surface area (Å²) in [7, 11) is 0. The molecule has 0 saturated carbocycles. The van der Waals surface area contributed by atoms with Crippen molar-refractivity contribution in [2.45, 2.75) is 25.6 Å². The third-order valence-corrected chi connectivity index (χ3v) is 7.32. The van der Waals surface area contributed by atoms with Crippen molar-refractivity contribution in [2.24, 2.45) is 5.92 Å². The summed E-state index contributed by atoms with van der Waals surface area (Å²) in [6.07, 6.45) is -4.33. The van der Waals surface area contributed by atoms with Crippen LogP contribution in [0.2, 0.25) is 0 Å². The van der Waals surface area contributed by atoms with Gasteiger partial charge in [-0.2, -0.15) is 13.2 Å². The van der Waals surface area contributed by atoms with Crippen molar-refractivity contribution in [3.05, 3.63) is 89.4 Å². The largest absolute Gasteiger partial charge is 0.465 e. The lowest BCUT2D eigenvalue weighted by Crippen LogP contribution is -2.48. The molecule has 0 unspecified atom stereocenters.